The molecule has 0 aromatic heterocycles. The number of fused-ring (bicyclic) bond motifs is 1. The Hall–Kier alpha value is -1.63. The zero-order valence-corrected chi connectivity index (χ0v) is 8.96. The smallest absolute Gasteiger partial charge is 0.234 e. The number of amides is 2. The van der Waals surface area contributed by atoms with Gasteiger partial charge in [-0.3, -0.25) is 19.4 Å². The Morgan fingerprint density at radius 1 is 1.44 bits per heavy atom. The summed E-state index contributed by atoms with van der Waals surface area (Å²) in [4.78, 5) is 26.4. The van der Waals surface area contributed by atoms with E-state index < -0.39 is 0 Å². The van der Waals surface area contributed by atoms with Crippen molar-refractivity contribution in [3.63, 3.8) is 0 Å². The fraction of sp³-hybridized carbons (Fsp3) is 0.667. The van der Waals surface area contributed by atoms with Crippen molar-refractivity contribution < 1.29 is 14.8 Å². The number of rotatable bonds is 2. The highest BCUT2D eigenvalue weighted by molar-refractivity contribution is 6.05. The number of nitrogens with zero attached hydrogens (tertiary/aromatic N) is 3. The number of amidine groups is 1. The first-order valence-electron chi connectivity index (χ1n) is 5.04. The maximum absolute atomic E-state index is 11.7. The van der Waals surface area contributed by atoms with E-state index in [-0.39, 0.29) is 36.0 Å². The molecule has 0 spiro atoms. The minimum atomic E-state index is -0.260. The molecule has 2 fully saturated rings. The molecule has 2 saturated heterocycles. The fourth-order valence-electron chi connectivity index (χ4n) is 2.38. The first-order valence-corrected chi connectivity index (χ1v) is 5.04. The molecule has 3 N–H and O–H groups in total. The van der Waals surface area contributed by atoms with Gasteiger partial charge >= 0.3 is 0 Å². The minimum absolute atomic E-state index is 0.0910. The molecule has 0 saturated carbocycles. The van der Waals surface area contributed by atoms with Crippen molar-refractivity contribution in [2.45, 2.75) is 0 Å². The first-order chi connectivity index (χ1) is 7.54. The van der Waals surface area contributed by atoms with Gasteiger partial charge in [-0.05, 0) is 0 Å². The standard InChI is InChI=1S/C9H14N4O3/c1-12-8(14)5-2-13(4-7(10)11-16)3-6(5)9(12)15/h5-6,16H,2-4H2,1H3,(H2,10,11)/t5-,6+. The molecule has 2 aliphatic rings. The lowest BCUT2D eigenvalue weighted by molar-refractivity contribution is -0.138. The van der Waals surface area contributed by atoms with Crippen LogP contribution < -0.4 is 5.73 Å². The molecule has 88 valence electrons. The number of imide groups is 1. The second-order valence-corrected chi connectivity index (χ2v) is 4.23. The third-order valence-corrected chi connectivity index (χ3v) is 3.21. The summed E-state index contributed by atoms with van der Waals surface area (Å²) >= 11 is 0. The molecule has 2 atom stereocenters. The largest absolute Gasteiger partial charge is 0.409 e. The van der Waals surface area contributed by atoms with Crippen LogP contribution in [0.5, 0.6) is 0 Å². The zero-order valence-electron chi connectivity index (χ0n) is 8.96. The van der Waals surface area contributed by atoms with Crippen molar-refractivity contribution >= 4 is 17.6 Å². The number of nitrogens with two attached hydrogens (primary N) is 1. The molecule has 0 bridgehead atoms. The van der Waals surface area contributed by atoms with Gasteiger partial charge in [0.2, 0.25) is 11.8 Å². The monoisotopic (exact) mass is 226 g/mol. The molecule has 2 rings (SSSR count). The first kappa shape index (κ1) is 10.9. The van der Waals surface area contributed by atoms with Gasteiger partial charge in [0.1, 0.15) is 0 Å². The summed E-state index contributed by atoms with van der Waals surface area (Å²) in [5.74, 6) is -0.685. The maximum Gasteiger partial charge on any atom is 0.234 e. The molecule has 16 heavy (non-hydrogen) atoms. The average Bonchev–Trinajstić information content (AvgIpc) is 2.76. The Labute approximate surface area is 92.5 Å². The lowest BCUT2D eigenvalue weighted by Gasteiger charge is -2.17. The number of oxime groups is 1. The molecule has 0 aromatic carbocycles. The van der Waals surface area contributed by atoms with E-state index in [1.165, 1.54) is 11.9 Å². The van der Waals surface area contributed by atoms with Crippen molar-refractivity contribution in [2.24, 2.45) is 22.7 Å². The van der Waals surface area contributed by atoms with Crippen LogP contribution in [-0.4, -0.2) is 59.3 Å². The van der Waals surface area contributed by atoms with Gasteiger partial charge in [-0.15, -0.1) is 0 Å². The van der Waals surface area contributed by atoms with Crippen LogP contribution in [0.15, 0.2) is 5.16 Å². The van der Waals surface area contributed by atoms with Gasteiger partial charge in [-0.2, -0.15) is 0 Å². The van der Waals surface area contributed by atoms with Crippen LogP contribution in [-0.2, 0) is 9.59 Å². The summed E-state index contributed by atoms with van der Waals surface area (Å²) < 4.78 is 0. The summed E-state index contributed by atoms with van der Waals surface area (Å²) in [6.45, 7) is 1.28. The van der Waals surface area contributed by atoms with Crippen molar-refractivity contribution in [3.05, 3.63) is 0 Å². The SMILES string of the molecule is CN1C(=O)[C@H]2CN(CC(N)=NO)C[C@H]2C1=O. The Morgan fingerprint density at radius 2 is 1.94 bits per heavy atom. The van der Waals surface area contributed by atoms with Crippen LogP contribution in [0.25, 0.3) is 0 Å². The van der Waals surface area contributed by atoms with Crippen LogP contribution >= 0.6 is 0 Å². The predicted molar refractivity (Wildman–Crippen MR) is 54.6 cm³/mol. The Balaban J connectivity index is 2.05. The van der Waals surface area contributed by atoms with Crippen LogP contribution in [0.2, 0.25) is 0 Å². The number of carbonyl (C=O) groups is 2. The summed E-state index contributed by atoms with van der Waals surface area (Å²) in [5.41, 5.74) is 5.38. The van der Waals surface area contributed by atoms with Crippen LogP contribution in [0.1, 0.15) is 0 Å². The van der Waals surface area contributed by atoms with Gasteiger partial charge in [-0.1, -0.05) is 5.16 Å². The number of hydrogen-bond donors (Lipinski definition) is 2. The number of likely N-dealkylation sites (tertiary alicyclic amines) is 2. The van der Waals surface area contributed by atoms with E-state index in [0.29, 0.717) is 13.1 Å². The van der Waals surface area contributed by atoms with E-state index in [1.54, 1.807) is 0 Å². The second kappa shape index (κ2) is 3.75. The normalized spacial score (nSPS) is 31.3. The molecular weight excluding hydrogens is 212 g/mol. The molecule has 2 aliphatic heterocycles. The molecular formula is C9H14N4O3. The highest BCUT2D eigenvalue weighted by Gasteiger charge is 2.50. The van der Waals surface area contributed by atoms with E-state index in [9.17, 15) is 9.59 Å². The van der Waals surface area contributed by atoms with E-state index in [2.05, 4.69) is 5.16 Å². The molecule has 0 aliphatic carbocycles. The zero-order chi connectivity index (χ0) is 11.9. The van der Waals surface area contributed by atoms with E-state index >= 15 is 0 Å². The van der Waals surface area contributed by atoms with Crippen LogP contribution in [0, 0.1) is 11.8 Å². The lowest BCUT2D eigenvalue weighted by Crippen LogP contribution is -2.37. The molecule has 2 heterocycles. The summed E-state index contributed by atoms with van der Waals surface area (Å²) in [5, 5.41) is 11.3. The number of carbonyl (C=O) groups excluding carboxylic acids is 2. The number of hydrogen-bond acceptors (Lipinski definition) is 5. The van der Waals surface area contributed by atoms with Gasteiger partial charge in [0, 0.05) is 20.1 Å². The van der Waals surface area contributed by atoms with Crippen molar-refractivity contribution in [3.8, 4) is 0 Å². The Morgan fingerprint density at radius 3 is 2.38 bits per heavy atom. The van der Waals surface area contributed by atoms with Gasteiger partial charge in [-0.25, -0.2) is 0 Å². The van der Waals surface area contributed by atoms with Crippen molar-refractivity contribution in [2.75, 3.05) is 26.7 Å². The van der Waals surface area contributed by atoms with E-state index in [0.717, 1.165) is 0 Å². The van der Waals surface area contributed by atoms with Crippen molar-refractivity contribution in [1.29, 1.82) is 0 Å². The predicted octanol–water partition coefficient (Wildman–Crippen LogP) is -1.72. The highest BCUT2D eigenvalue weighted by atomic mass is 16.4. The summed E-state index contributed by atoms with van der Waals surface area (Å²) in [7, 11) is 1.51. The molecule has 0 radical (unpaired) electrons. The molecule has 7 heteroatoms. The molecule has 2 amide bonds. The fourth-order valence-corrected chi connectivity index (χ4v) is 2.38. The average molecular weight is 226 g/mol. The van der Waals surface area contributed by atoms with Crippen molar-refractivity contribution in [1.82, 2.24) is 9.80 Å². The van der Waals surface area contributed by atoms with Gasteiger partial charge in [0.25, 0.3) is 0 Å². The second-order valence-electron chi connectivity index (χ2n) is 4.23. The summed E-state index contributed by atoms with van der Waals surface area (Å²) in [6.07, 6.45) is 0. The summed E-state index contributed by atoms with van der Waals surface area (Å²) in [6, 6.07) is 0. The lowest BCUT2D eigenvalue weighted by atomic mass is 10.00. The van der Waals surface area contributed by atoms with Gasteiger partial charge in [0.05, 0.1) is 18.4 Å². The Bertz CT molecular complexity index is 344. The molecule has 7 nitrogen and oxygen atoms in total. The Kier molecular flexibility index (Phi) is 2.55. The molecule has 0 unspecified atom stereocenters. The maximum atomic E-state index is 11.7. The third-order valence-electron chi connectivity index (χ3n) is 3.21. The van der Waals surface area contributed by atoms with E-state index in [4.69, 9.17) is 10.9 Å². The van der Waals surface area contributed by atoms with Gasteiger partial charge in [0.15, 0.2) is 5.84 Å². The third kappa shape index (κ3) is 1.53. The highest BCUT2D eigenvalue weighted by Crippen LogP contribution is 2.32. The van der Waals surface area contributed by atoms with Crippen LogP contribution in [0.4, 0.5) is 0 Å². The minimum Gasteiger partial charge on any atom is -0.409 e. The quantitative estimate of drug-likeness (QED) is 0.192. The topological polar surface area (TPSA) is 99.2 Å². The van der Waals surface area contributed by atoms with E-state index in [1.807, 2.05) is 4.90 Å². The van der Waals surface area contributed by atoms with Crippen LogP contribution in [0.3, 0.4) is 0 Å². The van der Waals surface area contributed by atoms with Gasteiger partial charge < -0.3 is 10.9 Å². The molecule has 0 aromatic rings.